The van der Waals surface area contributed by atoms with Crippen molar-refractivity contribution in [2.75, 3.05) is 5.32 Å². The molecule has 0 aliphatic heterocycles. The molecule has 2 aromatic carbocycles. The van der Waals surface area contributed by atoms with E-state index in [1.165, 1.54) is 17.0 Å². The summed E-state index contributed by atoms with van der Waals surface area (Å²) in [6.45, 7) is 1.76. The summed E-state index contributed by atoms with van der Waals surface area (Å²) >= 11 is 6.04. The number of anilines is 1. The van der Waals surface area contributed by atoms with Crippen LogP contribution in [0.25, 0.3) is 11.3 Å². The maximum Gasteiger partial charge on any atom is 0.254 e. The van der Waals surface area contributed by atoms with Gasteiger partial charge in [0.25, 0.3) is 5.56 Å². The molecule has 25 heavy (non-hydrogen) atoms. The number of hydrogen-bond acceptors (Lipinski definition) is 3. The molecule has 0 unspecified atom stereocenters. The number of carbonyl (C=O) groups is 1. The van der Waals surface area contributed by atoms with Gasteiger partial charge < -0.3 is 5.32 Å². The molecule has 6 heteroatoms. The molecular formula is C19H16ClN3O2. The molecule has 0 atom stereocenters. The number of rotatable bonds is 4. The van der Waals surface area contributed by atoms with Gasteiger partial charge in [-0.25, -0.2) is 4.98 Å². The van der Waals surface area contributed by atoms with Crippen LogP contribution in [0.5, 0.6) is 0 Å². The van der Waals surface area contributed by atoms with Crippen molar-refractivity contribution in [3.05, 3.63) is 81.9 Å². The van der Waals surface area contributed by atoms with Gasteiger partial charge in [0.05, 0.1) is 12.0 Å². The van der Waals surface area contributed by atoms with Gasteiger partial charge in [-0.3, -0.25) is 14.2 Å². The number of benzene rings is 2. The molecule has 1 N–H and O–H groups in total. The van der Waals surface area contributed by atoms with Gasteiger partial charge in [0.15, 0.2) is 0 Å². The Labute approximate surface area is 149 Å². The second-order valence-corrected chi connectivity index (χ2v) is 6.03. The van der Waals surface area contributed by atoms with Crippen LogP contribution in [0, 0.1) is 6.92 Å². The normalized spacial score (nSPS) is 10.5. The molecule has 0 aliphatic carbocycles. The minimum absolute atomic E-state index is 0.119. The molecule has 0 fully saturated rings. The zero-order valence-electron chi connectivity index (χ0n) is 13.6. The second-order valence-electron chi connectivity index (χ2n) is 5.62. The van der Waals surface area contributed by atoms with Crippen molar-refractivity contribution in [3.8, 4) is 11.3 Å². The van der Waals surface area contributed by atoms with Crippen LogP contribution in [0.15, 0.2) is 65.7 Å². The summed E-state index contributed by atoms with van der Waals surface area (Å²) < 4.78 is 1.26. The number of halogens is 1. The van der Waals surface area contributed by atoms with E-state index in [4.69, 9.17) is 11.6 Å². The van der Waals surface area contributed by atoms with E-state index in [9.17, 15) is 9.59 Å². The minimum Gasteiger partial charge on any atom is -0.324 e. The molecule has 126 valence electrons. The molecule has 0 radical (unpaired) electrons. The van der Waals surface area contributed by atoms with Crippen LogP contribution in [-0.4, -0.2) is 15.5 Å². The lowest BCUT2D eigenvalue weighted by Gasteiger charge is -2.09. The molecule has 3 aromatic rings. The summed E-state index contributed by atoms with van der Waals surface area (Å²) in [4.78, 5) is 28.6. The van der Waals surface area contributed by atoms with E-state index in [1.807, 2.05) is 43.3 Å². The van der Waals surface area contributed by atoms with Crippen molar-refractivity contribution in [1.82, 2.24) is 9.55 Å². The van der Waals surface area contributed by atoms with E-state index in [-0.39, 0.29) is 18.0 Å². The lowest BCUT2D eigenvalue weighted by molar-refractivity contribution is -0.116. The largest absolute Gasteiger partial charge is 0.324 e. The predicted octanol–water partition coefficient (Wildman–Crippen LogP) is 3.51. The van der Waals surface area contributed by atoms with Gasteiger partial charge in [-0.2, -0.15) is 0 Å². The lowest BCUT2D eigenvalue weighted by Crippen LogP contribution is -2.27. The lowest BCUT2D eigenvalue weighted by atomic mass is 10.1. The molecule has 1 heterocycles. The third kappa shape index (κ3) is 4.14. The molecule has 0 spiro atoms. The number of nitrogens with zero attached hydrogens (tertiary/aromatic N) is 2. The van der Waals surface area contributed by atoms with Gasteiger partial charge >= 0.3 is 0 Å². The average Bonchev–Trinajstić information content (AvgIpc) is 2.61. The number of hydrogen-bond donors (Lipinski definition) is 1. The molecule has 1 amide bonds. The van der Waals surface area contributed by atoms with E-state index in [1.54, 1.807) is 12.1 Å². The first-order valence-corrected chi connectivity index (χ1v) is 8.08. The molecule has 3 rings (SSSR count). The highest BCUT2D eigenvalue weighted by Gasteiger charge is 2.08. The van der Waals surface area contributed by atoms with Crippen LogP contribution in [0.1, 0.15) is 5.56 Å². The van der Waals surface area contributed by atoms with Crippen molar-refractivity contribution in [1.29, 1.82) is 0 Å². The number of amides is 1. The third-order valence-electron chi connectivity index (χ3n) is 3.72. The van der Waals surface area contributed by atoms with Gasteiger partial charge in [-0.15, -0.1) is 0 Å². The van der Waals surface area contributed by atoms with Crippen LogP contribution in [0.3, 0.4) is 0 Å². The Hall–Kier alpha value is -2.92. The summed E-state index contributed by atoms with van der Waals surface area (Å²) in [7, 11) is 0. The van der Waals surface area contributed by atoms with Crippen molar-refractivity contribution < 1.29 is 4.79 Å². The van der Waals surface area contributed by atoms with Crippen molar-refractivity contribution in [2.24, 2.45) is 0 Å². The Morgan fingerprint density at radius 1 is 1.16 bits per heavy atom. The van der Waals surface area contributed by atoms with Crippen LogP contribution in [0.4, 0.5) is 5.69 Å². The number of aromatic nitrogens is 2. The molecule has 5 nitrogen and oxygen atoms in total. The van der Waals surface area contributed by atoms with Gasteiger partial charge in [0.1, 0.15) is 6.54 Å². The van der Waals surface area contributed by atoms with Gasteiger partial charge in [0, 0.05) is 22.3 Å². The summed E-state index contributed by atoms with van der Waals surface area (Å²) in [5, 5.41) is 3.29. The second kappa shape index (κ2) is 7.32. The van der Waals surface area contributed by atoms with Gasteiger partial charge in [0.2, 0.25) is 5.91 Å². The van der Waals surface area contributed by atoms with Crippen LogP contribution in [0.2, 0.25) is 5.02 Å². The molecule has 0 bridgehead atoms. The Balaban J connectivity index is 1.73. The van der Waals surface area contributed by atoms with E-state index in [2.05, 4.69) is 10.3 Å². The fourth-order valence-corrected chi connectivity index (χ4v) is 2.52. The van der Waals surface area contributed by atoms with Gasteiger partial charge in [-0.1, -0.05) is 48.0 Å². The Morgan fingerprint density at radius 3 is 2.60 bits per heavy atom. The fourth-order valence-electron chi connectivity index (χ4n) is 2.34. The number of carbonyl (C=O) groups excluding carboxylic acids is 1. The monoisotopic (exact) mass is 353 g/mol. The molecular weight excluding hydrogens is 338 g/mol. The zero-order valence-corrected chi connectivity index (χ0v) is 14.3. The summed E-state index contributed by atoms with van der Waals surface area (Å²) in [6, 6.07) is 16.1. The van der Waals surface area contributed by atoms with Crippen LogP contribution in [-0.2, 0) is 11.3 Å². The minimum atomic E-state index is -0.323. The topological polar surface area (TPSA) is 64.0 Å². The summed E-state index contributed by atoms with van der Waals surface area (Å²) in [5.41, 5.74) is 2.66. The Bertz CT molecular complexity index is 968. The Kier molecular flexibility index (Phi) is 4.95. The summed E-state index contributed by atoms with van der Waals surface area (Å²) in [5.74, 6) is -0.323. The van der Waals surface area contributed by atoms with Crippen LogP contribution < -0.4 is 10.9 Å². The highest BCUT2D eigenvalue weighted by atomic mass is 35.5. The maximum atomic E-state index is 12.2. The van der Waals surface area contributed by atoms with Crippen molar-refractivity contribution >= 4 is 23.2 Å². The van der Waals surface area contributed by atoms with E-state index in [0.29, 0.717) is 16.4 Å². The molecule has 1 aromatic heterocycles. The predicted molar refractivity (Wildman–Crippen MR) is 98.8 cm³/mol. The number of nitrogens with one attached hydrogen (secondary N) is 1. The standard InChI is InChI=1S/C19H16ClN3O2/c1-13-7-8-15(9-16(13)20)22-18(24)11-23-12-21-17(10-19(23)25)14-5-3-2-4-6-14/h2-10,12H,11H2,1H3,(H,22,24). The summed E-state index contributed by atoms with van der Waals surface area (Å²) in [6.07, 6.45) is 1.38. The molecule has 0 saturated heterocycles. The van der Waals surface area contributed by atoms with E-state index in [0.717, 1.165) is 11.1 Å². The first-order valence-electron chi connectivity index (χ1n) is 7.71. The van der Waals surface area contributed by atoms with E-state index < -0.39 is 0 Å². The molecule has 0 saturated carbocycles. The van der Waals surface area contributed by atoms with Crippen LogP contribution >= 0.6 is 11.6 Å². The van der Waals surface area contributed by atoms with Gasteiger partial charge in [-0.05, 0) is 24.6 Å². The SMILES string of the molecule is Cc1ccc(NC(=O)Cn2cnc(-c3ccccc3)cc2=O)cc1Cl. The quantitative estimate of drug-likeness (QED) is 0.780. The van der Waals surface area contributed by atoms with E-state index >= 15 is 0 Å². The number of aryl methyl sites for hydroxylation is 1. The smallest absolute Gasteiger partial charge is 0.254 e. The third-order valence-corrected chi connectivity index (χ3v) is 4.13. The van der Waals surface area contributed by atoms with Crippen molar-refractivity contribution in [2.45, 2.75) is 13.5 Å². The molecule has 0 aliphatic rings. The first kappa shape index (κ1) is 16.9. The average molecular weight is 354 g/mol. The Morgan fingerprint density at radius 2 is 1.92 bits per heavy atom. The first-order chi connectivity index (χ1) is 12.0. The highest BCUT2D eigenvalue weighted by molar-refractivity contribution is 6.31. The fraction of sp³-hybridized carbons (Fsp3) is 0.105. The highest BCUT2D eigenvalue weighted by Crippen LogP contribution is 2.20. The maximum absolute atomic E-state index is 12.2. The van der Waals surface area contributed by atoms with Crippen molar-refractivity contribution in [3.63, 3.8) is 0 Å². The zero-order chi connectivity index (χ0) is 17.8.